The van der Waals surface area contributed by atoms with Gasteiger partial charge in [-0.2, -0.15) is 0 Å². The van der Waals surface area contributed by atoms with E-state index in [4.69, 9.17) is 24.4 Å². The summed E-state index contributed by atoms with van der Waals surface area (Å²) in [7, 11) is 0. The van der Waals surface area contributed by atoms with Crippen molar-refractivity contribution in [2.24, 2.45) is 0 Å². The normalized spacial score (nSPS) is 14.1. The Morgan fingerprint density at radius 2 is 1.09 bits per heavy atom. The van der Waals surface area contributed by atoms with Gasteiger partial charge in [0.25, 0.3) is 0 Å². The Morgan fingerprint density at radius 3 is 1.57 bits per heavy atom. The molecule has 4 N–H and O–H groups in total. The zero-order valence-electron chi connectivity index (χ0n) is 22.2. The smallest absolute Gasteiger partial charge is 0.305 e. The van der Waals surface area contributed by atoms with Gasteiger partial charge in [0.05, 0.1) is 33.0 Å². The highest BCUT2D eigenvalue weighted by molar-refractivity contribution is 5.69. The van der Waals surface area contributed by atoms with Crippen molar-refractivity contribution in [3.05, 3.63) is 0 Å². The Kier molecular flexibility index (Phi) is 25.7. The van der Waals surface area contributed by atoms with E-state index in [2.05, 4.69) is 6.92 Å². The number of esters is 1. The molecule has 0 spiro atoms. The lowest BCUT2D eigenvalue weighted by Crippen LogP contribution is -2.33. The molecule has 8 heteroatoms. The molecule has 3 atom stereocenters. The summed E-state index contributed by atoms with van der Waals surface area (Å²) >= 11 is 0. The summed E-state index contributed by atoms with van der Waals surface area (Å²) < 4.78 is 16.0. The highest BCUT2D eigenvalue weighted by atomic mass is 16.6. The molecule has 0 aliphatic carbocycles. The summed E-state index contributed by atoms with van der Waals surface area (Å²) in [6.07, 6.45) is 16.8. The van der Waals surface area contributed by atoms with Crippen LogP contribution in [0.5, 0.6) is 0 Å². The molecule has 0 heterocycles. The van der Waals surface area contributed by atoms with E-state index in [-0.39, 0.29) is 32.4 Å². The van der Waals surface area contributed by atoms with Crippen molar-refractivity contribution in [3.8, 4) is 0 Å². The van der Waals surface area contributed by atoms with E-state index in [1.54, 1.807) is 0 Å². The van der Waals surface area contributed by atoms with Crippen LogP contribution in [0, 0.1) is 0 Å². The van der Waals surface area contributed by atoms with Gasteiger partial charge in [0.1, 0.15) is 24.9 Å². The van der Waals surface area contributed by atoms with Gasteiger partial charge < -0.3 is 34.6 Å². The zero-order valence-corrected chi connectivity index (χ0v) is 22.2. The first-order valence-electron chi connectivity index (χ1n) is 14.0. The molecule has 0 saturated carbocycles. The number of aliphatic hydroxyl groups is 4. The van der Waals surface area contributed by atoms with Crippen molar-refractivity contribution in [2.45, 2.75) is 128 Å². The third kappa shape index (κ3) is 24.7. The molecule has 0 aliphatic rings. The molecule has 0 aromatic rings. The highest BCUT2D eigenvalue weighted by Crippen LogP contribution is 2.14. The molecule has 0 aromatic carbocycles. The van der Waals surface area contributed by atoms with Gasteiger partial charge in [0.2, 0.25) is 0 Å². The van der Waals surface area contributed by atoms with Crippen LogP contribution in [0.15, 0.2) is 0 Å². The van der Waals surface area contributed by atoms with E-state index < -0.39 is 31.5 Å². The van der Waals surface area contributed by atoms with Crippen LogP contribution in [-0.4, -0.2) is 84.3 Å². The topological polar surface area (TPSA) is 126 Å². The third-order valence-corrected chi connectivity index (χ3v) is 5.97. The summed E-state index contributed by atoms with van der Waals surface area (Å²) in [6, 6.07) is 0. The number of hydrogen-bond donors (Lipinski definition) is 4. The van der Waals surface area contributed by atoms with Gasteiger partial charge in [-0.25, -0.2) is 0 Å². The Morgan fingerprint density at radius 1 is 0.629 bits per heavy atom. The molecule has 0 aliphatic heterocycles. The average Bonchev–Trinajstić information content (AvgIpc) is 2.87. The van der Waals surface area contributed by atoms with Crippen LogP contribution in [0.1, 0.15) is 110 Å². The van der Waals surface area contributed by atoms with Crippen LogP contribution in [0.3, 0.4) is 0 Å². The van der Waals surface area contributed by atoms with E-state index >= 15 is 0 Å². The van der Waals surface area contributed by atoms with Crippen molar-refractivity contribution in [1.82, 2.24) is 0 Å². The summed E-state index contributed by atoms with van der Waals surface area (Å²) in [5.41, 5.74) is 0. The summed E-state index contributed by atoms with van der Waals surface area (Å²) in [5, 5.41) is 36.5. The van der Waals surface area contributed by atoms with Gasteiger partial charge in [0.15, 0.2) is 0 Å². The summed E-state index contributed by atoms with van der Waals surface area (Å²) in [4.78, 5) is 12.0. The molecular formula is C27H54O8. The Hall–Kier alpha value is -0.770. The molecule has 0 unspecified atom stereocenters. The van der Waals surface area contributed by atoms with Gasteiger partial charge in [-0.05, 0) is 6.42 Å². The first-order valence-corrected chi connectivity index (χ1v) is 14.0. The third-order valence-electron chi connectivity index (χ3n) is 5.97. The van der Waals surface area contributed by atoms with E-state index in [1.165, 1.54) is 77.0 Å². The highest BCUT2D eigenvalue weighted by Gasteiger charge is 2.16. The monoisotopic (exact) mass is 506 g/mol. The average molecular weight is 507 g/mol. The van der Waals surface area contributed by atoms with Gasteiger partial charge in [-0.15, -0.1) is 0 Å². The molecule has 35 heavy (non-hydrogen) atoms. The fourth-order valence-electron chi connectivity index (χ4n) is 3.73. The fraction of sp³-hybridized carbons (Fsp3) is 0.963. The van der Waals surface area contributed by atoms with E-state index in [9.17, 15) is 15.0 Å². The van der Waals surface area contributed by atoms with Crippen molar-refractivity contribution in [2.75, 3.05) is 39.6 Å². The van der Waals surface area contributed by atoms with Crippen molar-refractivity contribution < 1.29 is 39.4 Å². The van der Waals surface area contributed by atoms with Crippen LogP contribution in [0.4, 0.5) is 0 Å². The number of carbonyl (C=O) groups excluding carboxylic acids is 1. The maximum absolute atomic E-state index is 12.0. The van der Waals surface area contributed by atoms with E-state index in [0.717, 1.165) is 19.3 Å². The minimum Gasteiger partial charge on any atom is -0.463 e. The van der Waals surface area contributed by atoms with Crippen LogP contribution in [0.2, 0.25) is 0 Å². The second-order valence-corrected chi connectivity index (χ2v) is 9.55. The minimum absolute atomic E-state index is 0.0292. The summed E-state index contributed by atoms with van der Waals surface area (Å²) in [6.45, 7) is 1.20. The molecule has 0 bridgehead atoms. The maximum Gasteiger partial charge on any atom is 0.305 e. The van der Waals surface area contributed by atoms with Crippen molar-refractivity contribution >= 4 is 5.97 Å². The first kappa shape index (κ1) is 34.2. The molecule has 0 saturated heterocycles. The lowest BCUT2D eigenvalue weighted by Gasteiger charge is -2.20. The standard InChI is InChI=1S/C27H54O8/c1-2-3-4-5-6-7-8-9-10-11-12-13-14-15-16-17-27(32)35-23-26(34-21-25(31)19-29)22-33-20-24(30)18-28/h24-26,28-31H,2-23H2,1H3/t24-,25-,26+/m1/s1. The van der Waals surface area contributed by atoms with Crippen molar-refractivity contribution in [1.29, 1.82) is 0 Å². The first-order chi connectivity index (χ1) is 17.0. The number of hydrogen-bond acceptors (Lipinski definition) is 8. The predicted octanol–water partition coefficient (Wildman–Crippen LogP) is 3.90. The summed E-state index contributed by atoms with van der Waals surface area (Å²) in [5.74, 6) is -0.300. The zero-order chi connectivity index (χ0) is 26.0. The lowest BCUT2D eigenvalue weighted by molar-refractivity contribution is -0.152. The van der Waals surface area contributed by atoms with Crippen LogP contribution >= 0.6 is 0 Å². The maximum atomic E-state index is 12.0. The number of carbonyl (C=O) groups is 1. The number of aliphatic hydroxyl groups excluding tert-OH is 4. The van der Waals surface area contributed by atoms with Crippen LogP contribution < -0.4 is 0 Å². The quantitative estimate of drug-likeness (QED) is 0.0976. The minimum atomic E-state index is -1.03. The van der Waals surface area contributed by atoms with Gasteiger partial charge in [-0.3, -0.25) is 4.79 Å². The predicted molar refractivity (Wildman–Crippen MR) is 137 cm³/mol. The molecule has 0 amide bonds. The number of rotatable bonds is 27. The van der Waals surface area contributed by atoms with Crippen LogP contribution in [0.25, 0.3) is 0 Å². The van der Waals surface area contributed by atoms with E-state index in [0.29, 0.717) is 6.42 Å². The molecule has 0 aromatic heterocycles. The Labute approximate surface area is 213 Å². The van der Waals surface area contributed by atoms with Gasteiger partial charge >= 0.3 is 5.97 Å². The number of unbranched alkanes of at least 4 members (excludes halogenated alkanes) is 14. The van der Waals surface area contributed by atoms with E-state index in [1.807, 2.05) is 0 Å². The molecule has 210 valence electrons. The van der Waals surface area contributed by atoms with Gasteiger partial charge in [0, 0.05) is 6.42 Å². The second kappa shape index (κ2) is 26.3. The molecule has 0 rings (SSSR count). The van der Waals surface area contributed by atoms with Gasteiger partial charge in [-0.1, -0.05) is 96.8 Å². The Balaban J connectivity index is 3.70. The number of ether oxygens (including phenoxy) is 3. The molecule has 8 nitrogen and oxygen atoms in total. The van der Waals surface area contributed by atoms with Crippen molar-refractivity contribution in [3.63, 3.8) is 0 Å². The molecular weight excluding hydrogens is 452 g/mol. The lowest BCUT2D eigenvalue weighted by atomic mass is 10.0. The second-order valence-electron chi connectivity index (χ2n) is 9.55. The fourth-order valence-corrected chi connectivity index (χ4v) is 3.73. The SMILES string of the molecule is CCCCCCCCCCCCCCCCCC(=O)OC[C@H](COC[C@H](O)CO)OC[C@H](O)CO. The molecule has 0 radical (unpaired) electrons. The molecule has 0 fully saturated rings. The van der Waals surface area contributed by atoms with Crippen LogP contribution in [-0.2, 0) is 19.0 Å². The largest absolute Gasteiger partial charge is 0.463 e. The Bertz CT molecular complexity index is 449.